The van der Waals surface area contributed by atoms with Crippen LogP contribution < -0.4 is 15.2 Å². The van der Waals surface area contributed by atoms with Crippen LogP contribution >= 0.6 is 11.8 Å². The molecule has 0 aliphatic rings. The standard InChI is InChI=1S/C17H16F5NO2S/c1-24-10-6-12(11(25-2)5-8(10)3-4-23)26-7-9-13(18)15(20)17(22)16(21)14(9)19/h5-6H,3-4,7,23H2,1-2H3. The van der Waals surface area contributed by atoms with Crippen LogP contribution in [0.1, 0.15) is 11.1 Å². The van der Waals surface area contributed by atoms with E-state index in [1.54, 1.807) is 12.1 Å². The van der Waals surface area contributed by atoms with Gasteiger partial charge in [-0.1, -0.05) is 0 Å². The molecule has 2 rings (SSSR count). The Kier molecular flexibility index (Phi) is 6.71. The predicted molar refractivity (Wildman–Crippen MR) is 88.1 cm³/mol. The molecule has 0 fully saturated rings. The molecule has 9 heteroatoms. The molecule has 0 amide bonds. The van der Waals surface area contributed by atoms with Gasteiger partial charge in [0.05, 0.1) is 19.1 Å². The molecule has 0 heterocycles. The maximum atomic E-state index is 13.8. The van der Waals surface area contributed by atoms with E-state index in [0.29, 0.717) is 29.4 Å². The van der Waals surface area contributed by atoms with Crippen molar-refractivity contribution in [2.75, 3.05) is 20.8 Å². The normalized spacial score (nSPS) is 10.9. The van der Waals surface area contributed by atoms with Gasteiger partial charge in [-0.25, -0.2) is 22.0 Å². The number of halogens is 5. The first-order chi connectivity index (χ1) is 12.3. The minimum atomic E-state index is -2.18. The Morgan fingerprint density at radius 3 is 1.88 bits per heavy atom. The number of benzene rings is 2. The van der Waals surface area contributed by atoms with Gasteiger partial charge in [0, 0.05) is 11.3 Å². The maximum absolute atomic E-state index is 13.8. The summed E-state index contributed by atoms with van der Waals surface area (Å²) in [6.07, 6.45) is 0.516. The average Bonchev–Trinajstić information content (AvgIpc) is 2.65. The van der Waals surface area contributed by atoms with Crippen LogP contribution in [0, 0.1) is 29.1 Å². The second-order valence-corrected chi connectivity index (χ2v) is 6.21. The molecule has 0 bridgehead atoms. The molecule has 0 radical (unpaired) electrons. The number of thioether (sulfide) groups is 1. The molecule has 0 unspecified atom stereocenters. The van der Waals surface area contributed by atoms with E-state index < -0.39 is 40.4 Å². The summed E-state index contributed by atoms with van der Waals surface area (Å²) in [5.74, 6) is -9.44. The van der Waals surface area contributed by atoms with Gasteiger partial charge in [0.25, 0.3) is 0 Å². The molecule has 3 nitrogen and oxygen atoms in total. The van der Waals surface area contributed by atoms with E-state index in [9.17, 15) is 22.0 Å². The van der Waals surface area contributed by atoms with E-state index in [0.717, 1.165) is 17.3 Å². The van der Waals surface area contributed by atoms with Crippen LogP contribution in [-0.2, 0) is 12.2 Å². The summed E-state index contributed by atoms with van der Waals surface area (Å²) in [6.45, 7) is 0.372. The largest absolute Gasteiger partial charge is 0.496 e. The molecular formula is C17H16F5NO2S. The second-order valence-electron chi connectivity index (χ2n) is 5.19. The van der Waals surface area contributed by atoms with Gasteiger partial charge in [0.1, 0.15) is 11.5 Å². The molecule has 0 aliphatic heterocycles. The Hall–Kier alpha value is -2.00. The molecule has 0 atom stereocenters. The Morgan fingerprint density at radius 2 is 1.38 bits per heavy atom. The van der Waals surface area contributed by atoms with Crippen molar-refractivity contribution in [2.24, 2.45) is 5.73 Å². The Morgan fingerprint density at radius 1 is 0.846 bits per heavy atom. The predicted octanol–water partition coefficient (Wildman–Crippen LogP) is 4.19. The molecule has 26 heavy (non-hydrogen) atoms. The topological polar surface area (TPSA) is 44.5 Å². The molecule has 0 aliphatic carbocycles. The number of methoxy groups -OCH3 is 2. The summed E-state index contributed by atoms with van der Waals surface area (Å²) in [5, 5.41) is 0. The molecule has 2 N–H and O–H groups in total. The van der Waals surface area contributed by atoms with Crippen molar-refractivity contribution in [2.45, 2.75) is 17.1 Å². The first kappa shape index (κ1) is 20.3. The van der Waals surface area contributed by atoms with Crippen molar-refractivity contribution < 1.29 is 31.4 Å². The smallest absolute Gasteiger partial charge is 0.200 e. The fourth-order valence-corrected chi connectivity index (χ4v) is 3.35. The van der Waals surface area contributed by atoms with Crippen LogP contribution in [0.4, 0.5) is 22.0 Å². The molecule has 2 aromatic rings. The lowest BCUT2D eigenvalue weighted by Gasteiger charge is -2.15. The Labute approximate surface area is 151 Å². The van der Waals surface area contributed by atoms with Crippen LogP contribution in [0.5, 0.6) is 11.5 Å². The zero-order chi connectivity index (χ0) is 19.4. The Bertz CT molecular complexity index is 787. The maximum Gasteiger partial charge on any atom is 0.200 e. The lowest BCUT2D eigenvalue weighted by Crippen LogP contribution is -2.06. The zero-order valence-corrected chi connectivity index (χ0v) is 14.8. The molecule has 0 saturated carbocycles. The molecular weight excluding hydrogens is 377 g/mol. The van der Waals surface area contributed by atoms with Crippen molar-refractivity contribution >= 4 is 11.8 Å². The molecule has 2 aromatic carbocycles. The third-order valence-electron chi connectivity index (χ3n) is 3.65. The van der Waals surface area contributed by atoms with Gasteiger partial charge in [-0.2, -0.15) is 0 Å². The number of nitrogens with two attached hydrogens (primary N) is 1. The minimum Gasteiger partial charge on any atom is -0.496 e. The third kappa shape index (κ3) is 3.88. The summed E-state index contributed by atoms with van der Waals surface area (Å²) in [5.41, 5.74) is 5.40. The van der Waals surface area contributed by atoms with Gasteiger partial charge >= 0.3 is 0 Å². The second kappa shape index (κ2) is 8.59. The highest BCUT2D eigenvalue weighted by molar-refractivity contribution is 7.98. The van der Waals surface area contributed by atoms with E-state index in [2.05, 4.69) is 0 Å². The molecule has 0 spiro atoms. The van der Waals surface area contributed by atoms with Crippen molar-refractivity contribution in [1.29, 1.82) is 0 Å². The third-order valence-corrected chi connectivity index (χ3v) is 4.72. The van der Waals surface area contributed by atoms with Crippen LogP contribution in [0.15, 0.2) is 17.0 Å². The molecule has 0 saturated heterocycles. The monoisotopic (exact) mass is 393 g/mol. The fourth-order valence-electron chi connectivity index (χ4n) is 2.32. The first-order valence-electron chi connectivity index (χ1n) is 7.43. The average molecular weight is 393 g/mol. The van der Waals surface area contributed by atoms with Gasteiger partial charge in [0.2, 0.25) is 5.82 Å². The van der Waals surface area contributed by atoms with Crippen molar-refractivity contribution in [3.8, 4) is 11.5 Å². The Balaban J connectivity index is 2.38. The van der Waals surface area contributed by atoms with E-state index in [1.165, 1.54) is 14.2 Å². The summed E-state index contributed by atoms with van der Waals surface area (Å²) < 4.78 is 77.8. The van der Waals surface area contributed by atoms with Crippen molar-refractivity contribution in [1.82, 2.24) is 0 Å². The van der Waals surface area contributed by atoms with Gasteiger partial charge in [-0.15, -0.1) is 11.8 Å². The van der Waals surface area contributed by atoms with Gasteiger partial charge in [0.15, 0.2) is 23.3 Å². The highest BCUT2D eigenvalue weighted by Gasteiger charge is 2.26. The van der Waals surface area contributed by atoms with Crippen LogP contribution in [0.2, 0.25) is 0 Å². The van der Waals surface area contributed by atoms with E-state index in [-0.39, 0.29) is 0 Å². The number of rotatable bonds is 7. The van der Waals surface area contributed by atoms with Crippen LogP contribution in [0.25, 0.3) is 0 Å². The molecule has 0 aromatic heterocycles. The van der Waals surface area contributed by atoms with Gasteiger partial charge in [-0.3, -0.25) is 0 Å². The number of hydrogen-bond acceptors (Lipinski definition) is 4. The minimum absolute atomic E-state index is 0.372. The first-order valence-corrected chi connectivity index (χ1v) is 8.42. The summed E-state index contributed by atoms with van der Waals surface area (Å²) in [4.78, 5) is 0.425. The van der Waals surface area contributed by atoms with E-state index in [1.807, 2.05) is 0 Å². The van der Waals surface area contributed by atoms with Gasteiger partial charge < -0.3 is 15.2 Å². The lowest BCUT2D eigenvalue weighted by molar-refractivity contribution is 0.372. The molecule has 142 valence electrons. The van der Waals surface area contributed by atoms with E-state index >= 15 is 0 Å². The lowest BCUT2D eigenvalue weighted by atomic mass is 10.1. The quantitative estimate of drug-likeness (QED) is 0.332. The van der Waals surface area contributed by atoms with E-state index in [4.69, 9.17) is 15.2 Å². The summed E-state index contributed by atoms with van der Waals surface area (Å²) in [6, 6.07) is 3.23. The highest BCUT2D eigenvalue weighted by Crippen LogP contribution is 2.38. The number of hydrogen-bond donors (Lipinski definition) is 1. The fraction of sp³-hybridized carbons (Fsp3) is 0.294. The van der Waals surface area contributed by atoms with Crippen LogP contribution in [0.3, 0.4) is 0 Å². The zero-order valence-electron chi connectivity index (χ0n) is 14.0. The van der Waals surface area contributed by atoms with Gasteiger partial charge in [-0.05, 0) is 30.7 Å². The number of ether oxygens (including phenoxy) is 2. The SMILES string of the molecule is COc1cc(SCc2c(F)c(F)c(F)c(F)c2F)c(OC)cc1CCN. The highest BCUT2D eigenvalue weighted by atomic mass is 32.2. The van der Waals surface area contributed by atoms with Crippen molar-refractivity contribution in [3.63, 3.8) is 0 Å². The van der Waals surface area contributed by atoms with Crippen LogP contribution in [-0.4, -0.2) is 20.8 Å². The summed E-state index contributed by atoms with van der Waals surface area (Å²) >= 11 is 0.861. The summed E-state index contributed by atoms with van der Waals surface area (Å²) in [7, 11) is 2.84. The van der Waals surface area contributed by atoms with Crippen molar-refractivity contribution in [3.05, 3.63) is 52.3 Å².